The molecule has 0 fully saturated rings. The summed E-state index contributed by atoms with van der Waals surface area (Å²) in [4.78, 5) is 27.0. The molecule has 0 saturated carbocycles. The number of benzene rings is 1. The molecule has 0 spiro atoms. The second-order valence-electron chi connectivity index (χ2n) is 6.59. The summed E-state index contributed by atoms with van der Waals surface area (Å²) in [6, 6.07) is 7.63. The number of amides is 2. The van der Waals surface area contributed by atoms with Crippen molar-refractivity contribution in [1.82, 2.24) is 4.90 Å². The van der Waals surface area contributed by atoms with Crippen molar-refractivity contribution >= 4 is 34.4 Å². The van der Waals surface area contributed by atoms with E-state index in [1.807, 2.05) is 12.1 Å². The monoisotopic (exact) mass is 425 g/mol. The molecule has 2 aliphatic rings. The first kappa shape index (κ1) is 19.8. The fourth-order valence-corrected chi connectivity index (χ4v) is 4.60. The van der Waals surface area contributed by atoms with Gasteiger partial charge in [0.05, 0.1) is 18.7 Å². The van der Waals surface area contributed by atoms with Crippen molar-refractivity contribution in [2.75, 3.05) is 25.3 Å². The lowest BCUT2D eigenvalue weighted by atomic mass is 10.0. The molecule has 0 aliphatic carbocycles. The minimum absolute atomic E-state index is 0.154. The van der Waals surface area contributed by atoms with Gasteiger partial charge in [-0.05, 0) is 31.1 Å². The zero-order valence-corrected chi connectivity index (χ0v) is 17.1. The lowest BCUT2D eigenvalue weighted by Crippen LogP contribution is -2.35. The Balaban J connectivity index is 1.49. The van der Waals surface area contributed by atoms with Gasteiger partial charge < -0.3 is 24.4 Å². The Hall–Kier alpha value is -3.51. The van der Waals surface area contributed by atoms with Crippen LogP contribution in [-0.2, 0) is 22.5 Å². The summed E-state index contributed by atoms with van der Waals surface area (Å²) in [7, 11) is 0. The van der Waals surface area contributed by atoms with E-state index in [-0.39, 0.29) is 18.8 Å². The van der Waals surface area contributed by atoms with Crippen molar-refractivity contribution in [1.29, 1.82) is 5.26 Å². The zero-order chi connectivity index (χ0) is 21.1. The Morgan fingerprint density at radius 3 is 3.07 bits per heavy atom. The highest BCUT2D eigenvalue weighted by molar-refractivity contribution is 7.16. The van der Waals surface area contributed by atoms with E-state index in [2.05, 4.69) is 11.4 Å². The van der Waals surface area contributed by atoms with Gasteiger partial charge in [0.1, 0.15) is 11.1 Å². The molecule has 1 N–H and O–H groups in total. The van der Waals surface area contributed by atoms with Crippen LogP contribution in [-0.4, -0.2) is 36.8 Å². The Kier molecular flexibility index (Phi) is 5.59. The summed E-state index contributed by atoms with van der Waals surface area (Å²) in [6.07, 6.45) is 3.21. The summed E-state index contributed by atoms with van der Waals surface area (Å²) >= 11 is 1.31. The van der Waals surface area contributed by atoms with Crippen LogP contribution in [0.4, 0.5) is 9.80 Å². The van der Waals surface area contributed by atoms with E-state index in [0.717, 1.165) is 16.0 Å². The molecule has 3 heterocycles. The van der Waals surface area contributed by atoms with Crippen LogP contribution in [0, 0.1) is 11.3 Å². The maximum atomic E-state index is 12.5. The van der Waals surface area contributed by atoms with E-state index < -0.39 is 0 Å². The van der Waals surface area contributed by atoms with E-state index in [1.54, 1.807) is 24.0 Å². The number of anilines is 1. The topological polar surface area (TPSA) is 101 Å². The first-order chi connectivity index (χ1) is 14.6. The number of nitrogens with one attached hydrogen (secondary N) is 1. The van der Waals surface area contributed by atoms with E-state index in [9.17, 15) is 14.9 Å². The molecule has 2 aliphatic heterocycles. The lowest BCUT2D eigenvalue weighted by molar-refractivity contribution is -0.111. The number of ether oxygens (including phenoxy) is 3. The average molecular weight is 425 g/mol. The third-order valence-electron chi connectivity index (χ3n) is 4.77. The second-order valence-corrected chi connectivity index (χ2v) is 7.70. The largest absolute Gasteiger partial charge is 0.454 e. The highest BCUT2D eigenvalue weighted by atomic mass is 32.1. The van der Waals surface area contributed by atoms with E-state index in [1.165, 1.54) is 17.4 Å². The maximum Gasteiger partial charge on any atom is 0.410 e. The molecule has 154 valence electrons. The Labute approximate surface area is 177 Å². The maximum absolute atomic E-state index is 12.5. The first-order valence-corrected chi connectivity index (χ1v) is 10.3. The predicted octanol–water partition coefficient (Wildman–Crippen LogP) is 3.51. The minimum atomic E-state index is -0.370. The third-order valence-corrected chi connectivity index (χ3v) is 5.90. The van der Waals surface area contributed by atoms with Crippen LogP contribution >= 0.6 is 11.3 Å². The van der Waals surface area contributed by atoms with Gasteiger partial charge in [0.25, 0.3) is 0 Å². The fourth-order valence-electron chi connectivity index (χ4n) is 3.38. The summed E-state index contributed by atoms with van der Waals surface area (Å²) in [5.41, 5.74) is 2.07. The van der Waals surface area contributed by atoms with Crippen LogP contribution in [0.1, 0.15) is 28.5 Å². The molecule has 2 amide bonds. The van der Waals surface area contributed by atoms with Gasteiger partial charge in [0.2, 0.25) is 12.7 Å². The molecule has 0 atom stereocenters. The highest BCUT2D eigenvalue weighted by Crippen LogP contribution is 2.37. The average Bonchev–Trinajstić information content (AvgIpc) is 3.36. The Bertz CT molecular complexity index is 1070. The molecule has 0 radical (unpaired) electrons. The normalized spacial score (nSPS) is 14.3. The molecule has 0 saturated heterocycles. The Morgan fingerprint density at radius 1 is 1.40 bits per heavy atom. The number of rotatable bonds is 4. The van der Waals surface area contributed by atoms with Gasteiger partial charge in [-0.1, -0.05) is 12.1 Å². The number of hydrogen-bond donors (Lipinski definition) is 1. The minimum Gasteiger partial charge on any atom is -0.454 e. The molecule has 2 aromatic rings. The summed E-state index contributed by atoms with van der Waals surface area (Å²) in [5.74, 6) is 0.884. The Morgan fingerprint density at radius 2 is 2.27 bits per heavy atom. The predicted molar refractivity (Wildman–Crippen MR) is 110 cm³/mol. The van der Waals surface area contributed by atoms with Gasteiger partial charge in [-0.15, -0.1) is 11.3 Å². The van der Waals surface area contributed by atoms with Gasteiger partial charge in [0, 0.05) is 23.1 Å². The number of carbonyl (C=O) groups is 2. The van der Waals surface area contributed by atoms with Crippen LogP contribution in [0.2, 0.25) is 0 Å². The van der Waals surface area contributed by atoms with E-state index >= 15 is 0 Å². The number of thiophene rings is 1. The summed E-state index contributed by atoms with van der Waals surface area (Å²) in [5, 5.41) is 12.9. The van der Waals surface area contributed by atoms with E-state index in [0.29, 0.717) is 48.2 Å². The van der Waals surface area contributed by atoms with Crippen LogP contribution < -0.4 is 14.8 Å². The quantitative estimate of drug-likeness (QED) is 0.753. The fraction of sp³-hybridized carbons (Fsp3) is 0.286. The zero-order valence-electron chi connectivity index (χ0n) is 16.3. The van der Waals surface area contributed by atoms with Crippen LogP contribution in [0.25, 0.3) is 6.08 Å². The second kappa shape index (κ2) is 8.47. The van der Waals surface area contributed by atoms with Crippen LogP contribution in [0.3, 0.4) is 0 Å². The number of nitriles is 1. The van der Waals surface area contributed by atoms with Crippen molar-refractivity contribution in [3.8, 4) is 17.6 Å². The third kappa shape index (κ3) is 3.82. The van der Waals surface area contributed by atoms with Gasteiger partial charge >= 0.3 is 6.09 Å². The molecule has 8 nitrogen and oxygen atoms in total. The lowest BCUT2D eigenvalue weighted by Gasteiger charge is -2.25. The first-order valence-electron chi connectivity index (χ1n) is 9.44. The number of para-hydroxylation sites is 1. The molecule has 30 heavy (non-hydrogen) atoms. The molecule has 4 rings (SSSR count). The smallest absolute Gasteiger partial charge is 0.410 e. The van der Waals surface area contributed by atoms with Crippen LogP contribution in [0.15, 0.2) is 24.3 Å². The van der Waals surface area contributed by atoms with Crippen molar-refractivity contribution in [2.24, 2.45) is 0 Å². The van der Waals surface area contributed by atoms with Crippen molar-refractivity contribution in [3.63, 3.8) is 0 Å². The summed E-state index contributed by atoms with van der Waals surface area (Å²) < 4.78 is 15.8. The molecule has 0 bridgehead atoms. The number of nitrogens with zero attached hydrogens (tertiary/aromatic N) is 2. The van der Waals surface area contributed by atoms with Gasteiger partial charge in [-0.3, -0.25) is 4.79 Å². The van der Waals surface area contributed by atoms with Gasteiger partial charge in [0.15, 0.2) is 11.5 Å². The number of fused-ring (bicyclic) bond motifs is 2. The van der Waals surface area contributed by atoms with Crippen molar-refractivity contribution in [2.45, 2.75) is 19.9 Å². The van der Waals surface area contributed by atoms with Crippen molar-refractivity contribution in [3.05, 3.63) is 45.8 Å². The highest BCUT2D eigenvalue weighted by Gasteiger charge is 2.28. The molecule has 1 aromatic heterocycles. The van der Waals surface area contributed by atoms with Crippen LogP contribution in [0.5, 0.6) is 11.5 Å². The number of carbonyl (C=O) groups excluding carboxylic acids is 2. The van der Waals surface area contributed by atoms with Crippen molar-refractivity contribution < 1.29 is 23.8 Å². The molecule has 9 heteroatoms. The molecular weight excluding hydrogens is 406 g/mol. The molecule has 1 aromatic carbocycles. The molecular formula is C21H19N3O5S. The number of hydrogen-bond acceptors (Lipinski definition) is 7. The van der Waals surface area contributed by atoms with Gasteiger partial charge in [-0.2, -0.15) is 5.26 Å². The molecule has 0 unspecified atom stereocenters. The summed E-state index contributed by atoms with van der Waals surface area (Å²) in [6.45, 7) is 3.07. The van der Waals surface area contributed by atoms with E-state index in [4.69, 9.17) is 14.2 Å². The van der Waals surface area contributed by atoms with Gasteiger partial charge in [-0.25, -0.2) is 4.79 Å². The SMILES string of the molecule is CCOC(=O)N1CCc2c(sc(NC(=O)C=Cc3cccc4c3OCO4)c2C#N)C1. The standard InChI is InChI=1S/C21H19N3O5S/c1-2-27-21(26)24-9-8-14-15(10-22)20(30-17(14)11-24)23-18(25)7-6-13-4-3-5-16-19(13)29-12-28-16/h3-7H,2,8-9,11-12H2,1H3,(H,23,25).